The molecule has 0 unspecified atom stereocenters. The van der Waals surface area contributed by atoms with Gasteiger partial charge in [-0.05, 0) is 12.1 Å². The van der Waals surface area contributed by atoms with Gasteiger partial charge in [0, 0.05) is 5.56 Å². The van der Waals surface area contributed by atoms with Gasteiger partial charge in [-0.3, -0.25) is 4.98 Å². The van der Waals surface area contributed by atoms with Crippen molar-refractivity contribution in [1.29, 1.82) is 0 Å². The van der Waals surface area contributed by atoms with Crippen LogP contribution in [0.25, 0.3) is 11.3 Å². The zero-order valence-electron chi connectivity index (χ0n) is 8.00. The van der Waals surface area contributed by atoms with Gasteiger partial charge < -0.3 is 9.68 Å². The van der Waals surface area contributed by atoms with E-state index in [4.69, 9.17) is 9.68 Å². The summed E-state index contributed by atoms with van der Waals surface area (Å²) >= 11 is 0. The van der Waals surface area contributed by atoms with E-state index >= 15 is 0 Å². The summed E-state index contributed by atoms with van der Waals surface area (Å²) in [6.07, 6.45) is 1.56. The Kier molecular flexibility index (Phi) is 3.00. The third kappa shape index (κ3) is 2.36. The van der Waals surface area contributed by atoms with Crippen molar-refractivity contribution < 1.29 is 9.68 Å². The van der Waals surface area contributed by atoms with Crippen molar-refractivity contribution in [3.63, 3.8) is 0 Å². The van der Waals surface area contributed by atoms with Crippen molar-refractivity contribution in [2.45, 2.75) is 0 Å². The molecule has 0 saturated heterocycles. The number of benzene rings is 1. The van der Waals surface area contributed by atoms with Crippen molar-refractivity contribution in [2.24, 2.45) is 0 Å². The Morgan fingerprint density at radius 2 is 1.87 bits per heavy atom. The molecular weight excluding hydrogens is 189 g/mol. The molecule has 1 heterocycles. The molecule has 1 radical (unpaired) electrons. The van der Waals surface area contributed by atoms with Gasteiger partial charge >= 0.3 is 7.69 Å². The van der Waals surface area contributed by atoms with Crippen LogP contribution >= 0.6 is 0 Å². The molecule has 1 aromatic carbocycles. The minimum atomic E-state index is 0.511. The maximum Gasteiger partial charge on any atom is 0.569 e. The fourth-order valence-electron chi connectivity index (χ4n) is 1.29. The molecule has 1 N–H and O–H groups in total. The maximum atomic E-state index is 8.43. The van der Waals surface area contributed by atoms with E-state index in [1.54, 1.807) is 12.3 Å². The van der Waals surface area contributed by atoms with E-state index in [-0.39, 0.29) is 0 Å². The van der Waals surface area contributed by atoms with Gasteiger partial charge in [-0.1, -0.05) is 30.3 Å². The van der Waals surface area contributed by atoms with Gasteiger partial charge in [-0.15, -0.1) is 0 Å². The molecule has 0 atom stereocenters. The summed E-state index contributed by atoms with van der Waals surface area (Å²) in [7, 11) is 0.638. The van der Waals surface area contributed by atoms with Crippen molar-refractivity contribution >= 4 is 7.69 Å². The minimum Gasteiger partial charge on any atom is -0.536 e. The fourth-order valence-corrected chi connectivity index (χ4v) is 1.29. The summed E-state index contributed by atoms with van der Waals surface area (Å²) in [5.41, 5.74) is 1.93. The molecule has 73 valence electrons. The normalized spacial score (nSPS) is 9.67. The first-order chi connectivity index (χ1) is 7.40. The van der Waals surface area contributed by atoms with Crippen LogP contribution < -0.4 is 4.65 Å². The smallest absolute Gasteiger partial charge is 0.536 e. The number of rotatable bonds is 3. The van der Waals surface area contributed by atoms with Gasteiger partial charge in [0.2, 0.25) is 0 Å². The number of hydrogen-bond donors (Lipinski definition) is 1. The molecule has 0 saturated carbocycles. The SMILES string of the molecule is O[B]Oc1ccc(-c2ccccc2)nc1. The van der Waals surface area contributed by atoms with E-state index in [1.807, 2.05) is 36.4 Å². The molecule has 0 aliphatic carbocycles. The predicted octanol–water partition coefficient (Wildman–Crippen LogP) is 1.65. The number of aromatic nitrogens is 1. The lowest BCUT2D eigenvalue weighted by atomic mass is 10.1. The highest BCUT2D eigenvalue weighted by Crippen LogP contribution is 2.18. The van der Waals surface area contributed by atoms with E-state index in [0.29, 0.717) is 13.4 Å². The molecule has 0 amide bonds. The lowest BCUT2D eigenvalue weighted by molar-refractivity contribution is 0.452. The second-order valence-corrected chi connectivity index (χ2v) is 2.97. The lowest BCUT2D eigenvalue weighted by Gasteiger charge is -2.03. The summed E-state index contributed by atoms with van der Waals surface area (Å²) in [4.78, 5) is 4.21. The summed E-state index contributed by atoms with van der Waals surface area (Å²) in [5, 5.41) is 8.43. The second-order valence-electron chi connectivity index (χ2n) is 2.97. The van der Waals surface area contributed by atoms with Crippen LogP contribution in [0.1, 0.15) is 0 Å². The fraction of sp³-hybridized carbons (Fsp3) is 0. The van der Waals surface area contributed by atoms with E-state index in [2.05, 4.69) is 4.98 Å². The van der Waals surface area contributed by atoms with E-state index in [1.165, 1.54) is 0 Å². The third-order valence-electron chi connectivity index (χ3n) is 1.99. The maximum absolute atomic E-state index is 8.43. The molecule has 0 aliphatic rings. The first kappa shape index (κ1) is 9.74. The van der Waals surface area contributed by atoms with Gasteiger partial charge in [0.1, 0.15) is 5.75 Å². The highest BCUT2D eigenvalue weighted by molar-refractivity contribution is 6.17. The molecule has 15 heavy (non-hydrogen) atoms. The Bertz CT molecular complexity index is 416. The Labute approximate surface area is 88.7 Å². The molecule has 0 bridgehead atoms. The summed E-state index contributed by atoms with van der Waals surface area (Å²) < 4.78 is 4.76. The lowest BCUT2D eigenvalue weighted by Crippen LogP contribution is -1.99. The van der Waals surface area contributed by atoms with Crippen LogP contribution in [0, 0.1) is 0 Å². The van der Waals surface area contributed by atoms with Crippen LogP contribution in [0.4, 0.5) is 0 Å². The molecule has 0 spiro atoms. The molecule has 0 aliphatic heterocycles. The van der Waals surface area contributed by atoms with Crippen LogP contribution in [-0.4, -0.2) is 17.7 Å². The molecule has 2 rings (SSSR count). The molecular formula is C11H9BNO2. The molecule has 3 nitrogen and oxygen atoms in total. The van der Waals surface area contributed by atoms with Crippen molar-refractivity contribution in [3.05, 3.63) is 48.7 Å². The topological polar surface area (TPSA) is 42.4 Å². The summed E-state index contributed by atoms with van der Waals surface area (Å²) in [6.45, 7) is 0. The number of hydrogen-bond acceptors (Lipinski definition) is 3. The largest absolute Gasteiger partial charge is 0.569 e. The zero-order chi connectivity index (χ0) is 10.5. The highest BCUT2D eigenvalue weighted by Gasteiger charge is 1.99. The van der Waals surface area contributed by atoms with Gasteiger partial charge in [-0.25, -0.2) is 0 Å². The van der Waals surface area contributed by atoms with Gasteiger partial charge in [-0.2, -0.15) is 0 Å². The van der Waals surface area contributed by atoms with Gasteiger partial charge in [0.15, 0.2) is 0 Å². The first-order valence-electron chi connectivity index (χ1n) is 4.54. The average molecular weight is 198 g/mol. The molecule has 0 fully saturated rings. The Balaban J connectivity index is 2.24. The highest BCUT2D eigenvalue weighted by atomic mass is 16.5. The van der Waals surface area contributed by atoms with Crippen molar-refractivity contribution in [3.8, 4) is 17.0 Å². The second kappa shape index (κ2) is 4.62. The predicted molar refractivity (Wildman–Crippen MR) is 58.3 cm³/mol. The van der Waals surface area contributed by atoms with E-state index < -0.39 is 0 Å². The number of nitrogens with zero attached hydrogens (tertiary/aromatic N) is 1. The van der Waals surface area contributed by atoms with Crippen molar-refractivity contribution in [2.75, 3.05) is 0 Å². The average Bonchev–Trinajstić information content (AvgIpc) is 2.32. The van der Waals surface area contributed by atoms with E-state index in [0.717, 1.165) is 11.3 Å². The van der Waals surface area contributed by atoms with Crippen LogP contribution in [0.15, 0.2) is 48.7 Å². The quantitative estimate of drug-likeness (QED) is 0.762. The Morgan fingerprint density at radius 3 is 2.47 bits per heavy atom. The molecule has 1 aromatic heterocycles. The van der Waals surface area contributed by atoms with Crippen LogP contribution in [0.2, 0.25) is 0 Å². The summed E-state index contributed by atoms with van der Waals surface area (Å²) in [6, 6.07) is 13.5. The van der Waals surface area contributed by atoms with Gasteiger partial charge in [0.05, 0.1) is 11.9 Å². The molecule has 4 heteroatoms. The summed E-state index contributed by atoms with van der Waals surface area (Å²) in [5.74, 6) is 0.511. The standard InChI is InChI=1S/C11H9BNO2/c14-12-15-10-6-7-11(13-8-10)9-4-2-1-3-5-9/h1-8,14H. The first-order valence-corrected chi connectivity index (χ1v) is 4.54. The Morgan fingerprint density at radius 1 is 1.07 bits per heavy atom. The third-order valence-corrected chi connectivity index (χ3v) is 1.99. The molecule has 2 aromatic rings. The Hall–Kier alpha value is -1.81. The zero-order valence-corrected chi connectivity index (χ0v) is 8.00. The monoisotopic (exact) mass is 198 g/mol. The number of pyridine rings is 1. The van der Waals surface area contributed by atoms with Crippen LogP contribution in [0.5, 0.6) is 5.75 Å². The van der Waals surface area contributed by atoms with Crippen LogP contribution in [-0.2, 0) is 0 Å². The van der Waals surface area contributed by atoms with Crippen molar-refractivity contribution in [1.82, 2.24) is 4.98 Å². The minimum absolute atomic E-state index is 0.511. The van der Waals surface area contributed by atoms with E-state index in [9.17, 15) is 0 Å². The van der Waals surface area contributed by atoms with Gasteiger partial charge in [0.25, 0.3) is 0 Å². The van der Waals surface area contributed by atoms with Crippen LogP contribution in [0.3, 0.4) is 0 Å².